The maximum atomic E-state index is 11.7. The van der Waals surface area contributed by atoms with Gasteiger partial charge in [0.05, 0.1) is 5.41 Å². The zero-order valence-corrected chi connectivity index (χ0v) is 9.63. The minimum atomic E-state index is -0.955. The zero-order valence-electron chi connectivity index (χ0n) is 9.63. The molecule has 1 fully saturated rings. The summed E-state index contributed by atoms with van der Waals surface area (Å²) < 4.78 is 4.99. The molecule has 14 heavy (non-hydrogen) atoms. The second-order valence-electron chi connectivity index (χ2n) is 5.49. The third-order valence-electron chi connectivity index (χ3n) is 3.75. The zero-order chi connectivity index (χ0) is 11.1. The molecule has 2 atom stereocenters. The van der Waals surface area contributed by atoms with Crippen molar-refractivity contribution >= 4 is 5.97 Å². The molecular formula is C11H20O3. The normalized spacial score (nSPS) is 36.0. The molecule has 0 aromatic carbocycles. The number of esters is 1. The summed E-state index contributed by atoms with van der Waals surface area (Å²) in [6, 6.07) is 0. The van der Waals surface area contributed by atoms with Crippen molar-refractivity contribution < 1.29 is 14.6 Å². The Bertz CT molecular complexity index is 243. The Balaban J connectivity index is 3.04. The monoisotopic (exact) mass is 200 g/mol. The number of cyclic esters (lactones) is 1. The van der Waals surface area contributed by atoms with E-state index in [1.807, 2.05) is 34.6 Å². The molecule has 0 aromatic heterocycles. The molecule has 0 aliphatic carbocycles. The van der Waals surface area contributed by atoms with Crippen LogP contribution in [0.5, 0.6) is 0 Å². The van der Waals surface area contributed by atoms with E-state index in [0.29, 0.717) is 0 Å². The van der Waals surface area contributed by atoms with Crippen LogP contribution in [0.1, 0.15) is 41.0 Å². The fraction of sp³-hybridized carbons (Fsp3) is 0.909. The molecule has 1 saturated heterocycles. The highest BCUT2D eigenvalue weighted by Gasteiger charge is 2.49. The van der Waals surface area contributed by atoms with Gasteiger partial charge in [-0.05, 0) is 25.7 Å². The van der Waals surface area contributed by atoms with E-state index in [4.69, 9.17) is 4.74 Å². The molecule has 0 bridgehead atoms. The number of aliphatic hydroxyl groups is 1. The summed E-state index contributed by atoms with van der Waals surface area (Å²) in [5.74, 6) is -0.310. The standard InChI is InChI=1S/C11H20O3/c1-7-6-10(2,3)11(4,5)9(13)14-8(7)12/h7-8,12H,6H2,1-5H3. The molecule has 1 aliphatic rings. The third kappa shape index (κ3) is 1.65. The second kappa shape index (κ2) is 3.23. The Hall–Kier alpha value is -0.570. The van der Waals surface area contributed by atoms with Crippen molar-refractivity contribution in [2.75, 3.05) is 0 Å². The van der Waals surface area contributed by atoms with Crippen molar-refractivity contribution in [3.8, 4) is 0 Å². The fourth-order valence-corrected chi connectivity index (χ4v) is 1.81. The molecule has 0 spiro atoms. The number of carbonyl (C=O) groups is 1. The average Bonchev–Trinajstić information content (AvgIpc) is 2.05. The topological polar surface area (TPSA) is 46.5 Å². The van der Waals surface area contributed by atoms with Crippen LogP contribution in [0.4, 0.5) is 0 Å². The van der Waals surface area contributed by atoms with Gasteiger partial charge < -0.3 is 9.84 Å². The molecule has 1 heterocycles. The Morgan fingerprint density at radius 3 is 2.36 bits per heavy atom. The maximum Gasteiger partial charge on any atom is 0.314 e. The van der Waals surface area contributed by atoms with Crippen LogP contribution in [0, 0.1) is 16.7 Å². The number of hydrogen-bond donors (Lipinski definition) is 1. The molecule has 82 valence electrons. The van der Waals surface area contributed by atoms with Crippen molar-refractivity contribution in [1.29, 1.82) is 0 Å². The first-order valence-corrected chi connectivity index (χ1v) is 5.07. The van der Waals surface area contributed by atoms with E-state index in [0.717, 1.165) is 6.42 Å². The number of aliphatic hydroxyl groups excluding tert-OH is 1. The van der Waals surface area contributed by atoms with Crippen molar-refractivity contribution in [2.45, 2.75) is 47.3 Å². The minimum Gasteiger partial charge on any atom is -0.435 e. The van der Waals surface area contributed by atoms with Crippen LogP contribution in [-0.2, 0) is 9.53 Å². The summed E-state index contributed by atoms with van der Waals surface area (Å²) in [6.07, 6.45) is -0.170. The van der Waals surface area contributed by atoms with E-state index >= 15 is 0 Å². The van der Waals surface area contributed by atoms with Crippen LogP contribution in [0.15, 0.2) is 0 Å². The SMILES string of the molecule is CC1CC(C)(C)C(C)(C)C(=O)OC1O. The quantitative estimate of drug-likeness (QED) is 0.608. The van der Waals surface area contributed by atoms with Crippen molar-refractivity contribution in [3.05, 3.63) is 0 Å². The van der Waals surface area contributed by atoms with E-state index in [1.54, 1.807) is 0 Å². The summed E-state index contributed by atoms with van der Waals surface area (Å²) in [4.78, 5) is 11.7. The molecule has 3 nitrogen and oxygen atoms in total. The van der Waals surface area contributed by atoms with Crippen LogP contribution in [0.2, 0.25) is 0 Å². The molecule has 0 radical (unpaired) electrons. The molecule has 1 aliphatic heterocycles. The van der Waals surface area contributed by atoms with Gasteiger partial charge in [-0.1, -0.05) is 20.8 Å². The molecular weight excluding hydrogens is 180 g/mol. The van der Waals surface area contributed by atoms with Gasteiger partial charge in [-0.2, -0.15) is 0 Å². The Morgan fingerprint density at radius 2 is 1.86 bits per heavy atom. The molecule has 3 heteroatoms. The van der Waals surface area contributed by atoms with Crippen LogP contribution < -0.4 is 0 Å². The highest BCUT2D eigenvalue weighted by Crippen LogP contribution is 2.47. The number of carbonyl (C=O) groups excluding carboxylic acids is 1. The number of hydrogen-bond acceptors (Lipinski definition) is 3. The largest absolute Gasteiger partial charge is 0.435 e. The molecule has 1 N–H and O–H groups in total. The fourth-order valence-electron chi connectivity index (χ4n) is 1.81. The summed E-state index contributed by atoms with van der Waals surface area (Å²) in [6.45, 7) is 9.74. The lowest BCUT2D eigenvalue weighted by Crippen LogP contribution is -2.39. The number of ether oxygens (including phenoxy) is 1. The number of rotatable bonds is 0. The molecule has 2 unspecified atom stereocenters. The first-order valence-electron chi connectivity index (χ1n) is 5.07. The van der Waals surface area contributed by atoms with Crippen molar-refractivity contribution in [1.82, 2.24) is 0 Å². The smallest absolute Gasteiger partial charge is 0.314 e. The van der Waals surface area contributed by atoms with Crippen LogP contribution in [0.25, 0.3) is 0 Å². The van der Waals surface area contributed by atoms with Gasteiger partial charge in [0, 0.05) is 5.92 Å². The maximum absolute atomic E-state index is 11.7. The van der Waals surface area contributed by atoms with Crippen LogP contribution in [0.3, 0.4) is 0 Å². The summed E-state index contributed by atoms with van der Waals surface area (Å²) in [7, 11) is 0. The van der Waals surface area contributed by atoms with Gasteiger partial charge in [-0.25, -0.2) is 0 Å². The van der Waals surface area contributed by atoms with Gasteiger partial charge in [0.15, 0.2) is 0 Å². The lowest BCUT2D eigenvalue weighted by Gasteiger charge is -2.37. The van der Waals surface area contributed by atoms with Crippen LogP contribution >= 0.6 is 0 Å². The minimum absolute atomic E-state index is 0.00396. The van der Waals surface area contributed by atoms with Gasteiger partial charge in [0.25, 0.3) is 0 Å². The Kier molecular flexibility index (Phi) is 2.65. The third-order valence-corrected chi connectivity index (χ3v) is 3.75. The average molecular weight is 200 g/mol. The summed E-state index contributed by atoms with van der Waals surface area (Å²) >= 11 is 0. The predicted octanol–water partition coefficient (Wildman–Crippen LogP) is 1.94. The van der Waals surface area contributed by atoms with E-state index in [-0.39, 0.29) is 17.3 Å². The van der Waals surface area contributed by atoms with Gasteiger partial charge >= 0.3 is 5.97 Å². The van der Waals surface area contributed by atoms with E-state index in [9.17, 15) is 9.90 Å². The molecule has 1 rings (SSSR count). The summed E-state index contributed by atoms with van der Waals surface area (Å²) in [5.41, 5.74) is -0.695. The van der Waals surface area contributed by atoms with Gasteiger partial charge in [-0.3, -0.25) is 4.79 Å². The van der Waals surface area contributed by atoms with E-state index < -0.39 is 11.7 Å². The van der Waals surface area contributed by atoms with E-state index in [2.05, 4.69) is 0 Å². The lowest BCUT2D eigenvalue weighted by atomic mass is 9.65. The first-order chi connectivity index (χ1) is 6.18. The first kappa shape index (κ1) is 11.5. The van der Waals surface area contributed by atoms with Crippen LogP contribution in [-0.4, -0.2) is 17.4 Å². The highest BCUT2D eigenvalue weighted by atomic mass is 16.6. The van der Waals surface area contributed by atoms with Gasteiger partial charge in [0.1, 0.15) is 0 Å². The predicted molar refractivity (Wildman–Crippen MR) is 53.4 cm³/mol. The van der Waals surface area contributed by atoms with Gasteiger partial charge in [0.2, 0.25) is 6.29 Å². The highest BCUT2D eigenvalue weighted by molar-refractivity contribution is 5.77. The molecule has 0 aromatic rings. The second-order valence-corrected chi connectivity index (χ2v) is 5.49. The Labute approximate surface area is 85.5 Å². The molecule has 0 saturated carbocycles. The molecule has 0 amide bonds. The van der Waals surface area contributed by atoms with Gasteiger partial charge in [-0.15, -0.1) is 0 Å². The summed E-state index contributed by atoms with van der Waals surface area (Å²) in [5, 5.41) is 9.55. The van der Waals surface area contributed by atoms with Crippen molar-refractivity contribution in [2.24, 2.45) is 16.7 Å². The van der Waals surface area contributed by atoms with E-state index in [1.165, 1.54) is 0 Å². The van der Waals surface area contributed by atoms with Crippen molar-refractivity contribution in [3.63, 3.8) is 0 Å². The Morgan fingerprint density at radius 1 is 1.36 bits per heavy atom. The lowest BCUT2D eigenvalue weighted by molar-refractivity contribution is -0.182.